The number of anilines is 2. The standard InChI is InChI=1S/C23H24N4O5S/c1-4-32-23(29)25-15-16(2)27(17(3)28)21-11-8-19(14-22(21)25)18-6-9-20(10-7-18)33(30,31)26-13-5-12-24-26/h5-14,16H,4,15H2,1-3H3/t16-/m0/s1. The van der Waals surface area contributed by atoms with Crippen molar-refractivity contribution in [1.82, 2.24) is 9.19 Å². The highest BCUT2D eigenvalue weighted by atomic mass is 32.2. The third-order valence-electron chi connectivity index (χ3n) is 5.45. The van der Waals surface area contributed by atoms with E-state index in [4.69, 9.17) is 4.74 Å². The highest BCUT2D eigenvalue weighted by Crippen LogP contribution is 2.39. The number of hydrogen-bond donors (Lipinski definition) is 0. The van der Waals surface area contributed by atoms with Crippen LogP contribution < -0.4 is 9.80 Å². The maximum absolute atomic E-state index is 12.6. The summed E-state index contributed by atoms with van der Waals surface area (Å²) in [5.41, 5.74) is 2.71. The predicted molar refractivity (Wildman–Crippen MR) is 124 cm³/mol. The van der Waals surface area contributed by atoms with Crippen molar-refractivity contribution >= 4 is 33.4 Å². The van der Waals surface area contributed by atoms with Gasteiger partial charge in [-0.15, -0.1) is 0 Å². The molecule has 33 heavy (non-hydrogen) atoms. The van der Waals surface area contributed by atoms with E-state index in [9.17, 15) is 18.0 Å². The quantitative estimate of drug-likeness (QED) is 0.581. The van der Waals surface area contributed by atoms with Gasteiger partial charge in [-0.3, -0.25) is 9.69 Å². The molecule has 2 amide bonds. The Morgan fingerprint density at radius 2 is 1.79 bits per heavy atom. The number of amides is 2. The van der Waals surface area contributed by atoms with Gasteiger partial charge in [0.25, 0.3) is 10.0 Å². The summed E-state index contributed by atoms with van der Waals surface area (Å²) in [6.07, 6.45) is 2.30. The Balaban J connectivity index is 1.74. The molecule has 0 fully saturated rings. The topological polar surface area (TPSA) is 102 Å². The lowest BCUT2D eigenvalue weighted by atomic mass is 10.0. The van der Waals surface area contributed by atoms with E-state index in [0.717, 1.165) is 15.2 Å². The second-order valence-corrected chi connectivity index (χ2v) is 9.45. The van der Waals surface area contributed by atoms with Gasteiger partial charge < -0.3 is 9.64 Å². The largest absolute Gasteiger partial charge is 0.449 e. The number of fused-ring (bicyclic) bond motifs is 1. The van der Waals surface area contributed by atoms with Crippen LogP contribution in [0.4, 0.5) is 16.2 Å². The van der Waals surface area contributed by atoms with Crippen molar-refractivity contribution < 1.29 is 22.7 Å². The molecule has 0 radical (unpaired) electrons. The molecule has 0 aliphatic carbocycles. The fourth-order valence-electron chi connectivity index (χ4n) is 3.98. The Morgan fingerprint density at radius 3 is 2.39 bits per heavy atom. The van der Waals surface area contributed by atoms with E-state index in [1.165, 1.54) is 36.4 Å². The third-order valence-corrected chi connectivity index (χ3v) is 7.03. The Kier molecular flexibility index (Phi) is 5.94. The highest BCUT2D eigenvalue weighted by Gasteiger charge is 2.34. The summed E-state index contributed by atoms with van der Waals surface area (Å²) in [6.45, 7) is 5.65. The summed E-state index contributed by atoms with van der Waals surface area (Å²) in [6, 6.07) is 13.2. The molecule has 4 rings (SSSR count). The van der Waals surface area contributed by atoms with Gasteiger partial charge in [-0.05, 0) is 55.3 Å². The number of aromatic nitrogens is 2. The van der Waals surface area contributed by atoms with Crippen LogP contribution in [0.1, 0.15) is 20.8 Å². The molecule has 0 unspecified atom stereocenters. The van der Waals surface area contributed by atoms with Crippen LogP contribution in [0.2, 0.25) is 0 Å². The maximum atomic E-state index is 12.6. The highest BCUT2D eigenvalue weighted by molar-refractivity contribution is 7.89. The van der Waals surface area contributed by atoms with Gasteiger partial charge in [-0.25, -0.2) is 4.79 Å². The Bertz CT molecular complexity index is 1290. The van der Waals surface area contributed by atoms with Crippen LogP contribution in [0.25, 0.3) is 11.1 Å². The molecule has 9 nitrogen and oxygen atoms in total. The Morgan fingerprint density at radius 1 is 1.09 bits per heavy atom. The molecule has 1 aliphatic heterocycles. The first-order valence-electron chi connectivity index (χ1n) is 10.5. The zero-order valence-electron chi connectivity index (χ0n) is 18.5. The lowest BCUT2D eigenvalue weighted by Gasteiger charge is -2.40. The predicted octanol–water partition coefficient (Wildman–Crippen LogP) is 3.51. The van der Waals surface area contributed by atoms with Crippen molar-refractivity contribution in [3.8, 4) is 11.1 Å². The van der Waals surface area contributed by atoms with Crippen molar-refractivity contribution in [3.63, 3.8) is 0 Å². The number of rotatable bonds is 4. The number of carbonyl (C=O) groups is 2. The summed E-state index contributed by atoms with van der Waals surface area (Å²) >= 11 is 0. The first kappa shape index (κ1) is 22.5. The van der Waals surface area contributed by atoms with Crippen molar-refractivity contribution in [2.45, 2.75) is 31.7 Å². The molecule has 2 heterocycles. The van der Waals surface area contributed by atoms with Gasteiger partial charge in [0.1, 0.15) is 0 Å². The number of nitrogens with zero attached hydrogens (tertiary/aromatic N) is 4. The average Bonchev–Trinajstić information content (AvgIpc) is 3.34. The zero-order chi connectivity index (χ0) is 23.8. The van der Waals surface area contributed by atoms with Gasteiger partial charge >= 0.3 is 6.09 Å². The van der Waals surface area contributed by atoms with E-state index >= 15 is 0 Å². The van der Waals surface area contributed by atoms with Gasteiger partial charge in [0.2, 0.25) is 5.91 Å². The molecule has 0 N–H and O–H groups in total. The second kappa shape index (κ2) is 8.70. The second-order valence-electron chi connectivity index (χ2n) is 7.66. The molecular weight excluding hydrogens is 444 g/mol. The van der Waals surface area contributed by atoms with Crippen LogP contribution in [-0.4, -0.2) is 48.8 Å². The molecular formula is C23H24N4O5S. The smallest absolute Gasteiger partial charge is 0.414 e. The normalized spacial score (nSPS) is 15.8. The molecule has 1 aromatic heterocycles. The number of ether oxygens (including phenoxy) is 1. The lowest BCUT2D eigenvalue weighted by Crippen LogP contribution is -2.51. The summed E-state index contributed by atoms with van der Waals surface area (Å²) in [5.74, 6) is -0.117. The molecule has 0 saturated carbocycles. The van der Waals surface area contributed by atoms with Crippen LogP contribution in [0, 0.1) is 0 Å². The molecule has 172 valence electrons. The molecule has 1 aliphatic rings. The van der Waals surface area contributed by atoms with Crippen LogP contribution in [0.3, 0.4) is 0 Å². The van der Waals surface area contributed by atoms with Crippen LogP contribution >= 0.6 is 0 Å². The van der Waals surface area contributed by atoms with E-state index in [-0.39, 0.29) is 23.5 Å². The number of hydrogen-bond acceptors (Lipinski definition) is 6. The minimum absolute atomic E-state index is 0.109. The lowest BCUT2D eigenvalue weighted by molar-refractivity contribution is -0.117. The van der Waals surface area contributed by atoms with Gasteiger partial charge in [-0.2, -0.15) is 17.6 Å². The van der Waals surface area contributed by atoms with Gasteiger partial charge in [0.05, 0.1) is 35.1 Å². The van der Waals surface area contributed by atoms with Crippen molar-refractivity contribution in [1.29, 1.82) is 0 Å². The first-order valence-corrected chi connectivity index (χ1v) is 11.9. The summed E-state index contributed by atoms with van der Waals surface area (Å²) in [5, 5.41) is 3.81. The average molecular weight is 469 g/mol. The van der Waals surface area contributed by atoms with E-state index < -0.39 is 16.1 Å². The van der Waals surface area contributed by atoms with Gasteiger partial charge in [-0.1, -0.05) is 18.2 Å². The molecule has 0 bridgehead atoms. The van der Waals surface area contributed by atoms with Crippen LogP contribution in [0.5, 0.6) is 0 Å². The first-order chi connectivity index (χ1) is 15.7. The van der Waals surface area contributed by atoms with E-state index in [1.807, 2.05) is 19.1 Å². The molecule has 0 saturated heterocycles. The molecule has 3 aromatic rings. The number of benzene rings is 2. The monoisotopic (exact) mass is 468 g/mol. The van der Waals surface area contributed by atoms with Crippen molar-refractivity contribution in [2.24, 2.45) is 0 Å². The number of carbonyl (C=O) groups excluding carboxylic acids is 2. The minimum atomic E-state index is -3.77. The maximum Gasteiger partial charge on any atom is 0.414 e. The summed E-state index contributed by atoms with van der Waals surface area (Å²) in [4.78, 5) is 28.2. The SMILES string of the molecule is CCOC(=O)N1C[C@H](C)N(C(C)=O)c2ccc(-c3ccc(S(=O)(=O)n4cccn4)cc3)cc21. The Labute approximate surface area is 192 Å². The van der Waals surface area contributed by atoms with Crippen molar-refractivity contribution in [2.75, 3.05) is 23.0 Å². The minimum Gasteiger partial charge on any atom is -0.449 e. The van der Waals surface area contributed by atoms with Crippen LogP contribution in [-0.2, 0) is 19.6 Å². The van der Waals surface area contributed by atoms with Gasteiger partial charge in [0, 0.05) is 19.7 Å². The fraction of sp³-hybridized carbons (Fsp3) is 0.261. The zero-order valence-corrected chi connectivity index (χ0v) is 19.3. The van der Waals surface area contributed by atoms with E-state index in [0.29, 0.717) is 17.9 Å². The fourth-order valence-corrected chi connectivity index (χ4v) is 5.09. The van der Waals surface area contributed by atoms with Crippen molar-refractivity contribution in [3.05, 3.63) is 60.9 Å². The molecule has 10 heteroatoms. The molecule has 1 atom stereocenters. The summed E-state index contributed by atoms with van der Waals surface area (Å²) < 4.78 is 31.4. The van der Waals surface area contributed by atoms with Crippen LogP contribution in [0.15, 0.2) is 65.8 Å². The molecule has 2 aromatic carbocycles. The Hall–Kier alpha value is -3.66. The van der Waals surface area contributed by atoms with E-state index in [2.05, 4.69) is 5.10 Å². The van der Waals surface area contributed by atoms with Gasteiger partial charge in [0.15, 0.2) is 0 Å². The molecule has 0 spiro atoms. The summed E-state index contributed by atoms with van der Waals surface area (Å²) in [7, 11) is -3.77. The third kappa shape index (κ3) is 4.09. The van der Waals surface area contributed by atoms with E-state index in [1.54, 1.807) is 36.1 Å².